The van der Waals surface area contributed by atoms with Crippen LogP contribution in [0.3, 0.4) is 0 Å². The Hall–Kier alpha value is -1.80. The van der Waals surface area contributed by atoms with Gasteiger partial charge in [0.15, 0.2) is 0 Å². The molecule has 2 aromatic carbocycles. The fourth-order valence-corrected chi connectivity index (χ4v) is 1.84. The molecule has 0 saturated carbocycles. The molecule has 0 spiro atoms. The first-order valence-electron chi connectivity index (χ1n) is 5.93. The van der Waals surface area contributed by atoms with Gasteiger partial charge in [-0.1, -0.05) is 61.0 Å². The monoisotopic (exact) mass is 258 g/mol. The van der Waals surface area contributed by atoms with E-state index in [4.69, 9.17) is 11.6 Å². The molecule has 2 nitrogen and oxygen atoms in total. The molecule has 0 aromatic heterocycles. The van der Waals surface area contributed by atoms with Crippen molar-refractivity contribution < 1.29 is 0 Å². The molecule has 0 heterocycles. The minimum absolute atomic E-state index is 0.671. The van der Waals surface area contributed by atoms with Crippen LogP contribution in [-0.2, 0) is 0 Å². The van der Waals surface area contributed by atoms with E-state index in [1.165, 1.54) is 0 Å². The van der Waals surface area contributed by atoms with E-state index in [2.05, 4.69) is 29.6 Å². The van der Waals surface area contributed by atoms with Crippen LogP contribution in [0.1, 0.15) is 18.9 Å². The zero-order chi connectivity index (χ0) is 12.8. The molecule has 2 aromatic rings. The van der Waals surface area contributed by atoms with Crippen molar-refractivity contribution in [1.82, 2.24) is 0 Å². The number of nitrogens with one attached hydrogen (secondary N) is 1. The maximum Gasteiger partial charge on any atom is 0.0748 e. The summed E-state index contributed by atoms with van der Waals surface area (Å²) < 4.78 is 0. The molecule has 0 aliphatic carbocycles. The van der Waals surface area contributed by atoms with Gasteiger partial charge in [-0.3, -0.25) is 5.43 Å². The Kier molecular flexibility index (Phi) is 4.37. The van der Waals surface area contributed by atoms with Gasteiger partial charge in [0.25, 0.3) is 0 Å². The van der Waals surface area contributed by atoms with Gasteiger partial charge in [-0.2, -0.15) is 5.10 Å². The highest BCUT2D eigenvalue weighted by molar-refractivity contribution is 6.33. The predicted octanol–water partition coefficient (Wildman–Crippen LogP) is 4.57. The minimum Gasteiger partial charge on any atom is -0.277 e. The molecular weight excluding hydrogens is 244 g/mol. The first-order chi connectivity index (χ1) is 8.81. The lowest BCUT2D eigenvalue weighted by atomic mass is 10.1. The van der Waals surface area contributed by atoms with E-state index < -0.39 is 0 Å². The third-order valence-electron chi connectivity index (χ3n) is 2.63. The minimum atomic E-state index is 0.671. The molecule has 0 aliphatic rings. The van der Waals surface area contributed by atoms with E-state index in [1.807, 2.05) is 42.5 Å². The van der Waals surface area contributed by atoms with E-state index in [-0.39, 0.29) is 0 Å². The number of anilines is 1. The molecule has 0 unspecified atom stereocenters. The standard InChI is InChI=1S/C15H15ClN2/c1-2-14(12-8-4-3-5-9-12)17-18-15-11-7-6-10-13(15)16/h3-11,18H,2H2,1H3/b17-14+. The second kappa shape index (κ2) is 6.22. The second-order valence-electron chi connectivity index (χ2n) is 3.87. The van der Waals surface area contributed by atoms with Crippen LogP contribution in [-0.4, -0.2) is 5.71 Å². The van der Waals surface area contributed by atoms with E-state index in [1.54, 1.807) is 0 Å². The van der Waals surface area contributed by atoms with Crippen molar-refractivity contribution in [2.24, 2.45) is 5.10 Å². The number of hydrogen-bond donors (Lipinski definition) is 1. The van der Waals surface area contributed by atoms with Gasteiger partial charge >= 0.3 is 0 Å². The summed E-state index contributed by atoms with van der Waals surface area (Å²) in [6.45, 7) is 2.08. The fourth-order valence-electron chi connectivity index (χ4n) is 1.66. The van der Waals surface area contributed by atoms with E-state index >= 15 is 0 Å². The SMILES string of the molecule is CC/C(=N\Nc1ccccc1Cl)c1ccccc1. The summed E-state index contributed by atoms with van der Waals surface area (Å²) >= 11 is 6.07. The lowest BCUT2D eigenvalue weighted by Gasteiger charge is -2.06. The number of hydrogen-bond acceptors (Lipinski definition) is 2. The smallest absolute Gasteiger partial charge is 0.0748 e. The molecular formula is C15H15ClN2. The van der Waals surface area contributed by atoms with Crippen molar-refractivity contribution >= 4 is 23.0 Å². The Balaban J connectivity index is 2.19. The van der Waals surface area contributed by atoms with Gasteiger partial charge in [0, 0.05) is 0 Å². The predicted molar refractivity (Wildman–Crippen MR) is 78.3 cm³/mol. The Morgan fingerprint density at radius 1 is 1.06 bits per heavy atom. The van der Waals surface area contributed by atoms with Crippen molar-refractivity contribution in [3.8, 4) is 0 Å². The van der Waals surface area contributed by atoms with Crippen LogP contribution in [0, 0.1) is 0 Å². The van der Waals surface area contributed by atoms with Crippen LogP contribution in [0.15, 0.2) is 59.7 Å². The van der Waals surface area contributed by atoms with Crippen LogP contribution in [0.25, 0.3) is 0 Å². The molecule has 92 valence electrons. The van der Waals surface area contributed by atoms with Gasteiger partial charge in [-0.05, 0) is 24.1 Å². The van der Waals surface area contributed by atoms with Crippen molar-refractivity contribution in [3.05, 3.63) is 65.2 Å². The summed E-state index contributed by atoms with van der Waals surface area (Å²) in [5, 5.41) is 5.10. The molecule has 1 N–H and O–H groups in total. The fraction of sp³-hybridized carbons (Fsp3) is 0.133. The maximum atomic E-state index is 6.07. The van der Waals surface area contributed by atoms with Gasteiger partial charge in [-0.15, -0.1) is 0 Å². The van der Waals surface area contributed by atoms with Gasteiger partial charge in [0.1, 0.15) is 0 Å². The highest BCUT2D eigenvalue weighted by Gasteiger charge is 2.01. The molecule has 0 bridgehead atoms. The van der Waals surface area contributed by atoms with E-state index in [0.29, 0.717) is 5.02 Å². The van der Waals surface area contributed by atoms with Gasteiger partial charge in [0.2, 0.25) is 0 Å². The molecule has 18 heavy (non-hydrogen) atoms. The normalized spacial score (nSPS) is 11.3. The van der Waals surface area contributed by atoms with Crippen LogP contribution in [0.2, 0.25) is 5.02 Å². The first kappa shape index (κ1) is 12.7. The second-order valence-corrected chi connectivity index (χ2v) is 4.28. The van der Waals surface area contributed by atoms with Crippen molar-refractivity contribution in [1.29, 1.82) is 0 Å². The molecule has 0 aliphatic heterocycles. The van der Waals surface area contributed by atoms with Crippen molar-refractivity contribution in [2.45, 2.75) is 13.3 Å². The lowest BCUT2D eigenvalue weighted by molar-refractivity contribution is 1.22. The van der Waals surface area contributed by atoms with Crippen LogP contribution in [0.4, 0.5) is 5.69 Å². The molecule has 3 heteroatoms. The Morgan fingerprint density at radius 3 is 2.39 bits per heavy atom. The van der Waals surface area contributed by atoms with Gasteiger partial charge in [0.05, 0.1) is 16.4 Å². The topological polar surface area (TPSA) is 24.4 Å². The average Bonchev–Trinajstić information content (AvgIpc) is 2.42. The Morgan fingerprint density at radius 2 is 1.72 bits per heavy atom. The number of para-hydroxylation sites is 1. The lowest BCUT2D eigenvalue weighted by Crippen LogP contribution is -2.03. The van der Waals surface area contributed by atoms with Crippen molar-refractivity contribution in [3.63, 3.8) is 0 Å². The molecule has 2 rings (SSSR count). The third kappa shape index (κ3) is 3.11. The summed E-state index contributed by atoms with van der Waals surface area (Å²) in [4.78, 5) is 0. The maximum absolute atomic E-state index is 6.07. The third-order valence-corrected chi connectivity index (χ3v) is 2.96. The van der Waals surface area contributed by atoms with Gasteiger partial charge in [-0.25, -0.2) is 0 Å². The zero-order valence-electron chi connectivity index (χ0n) is 10.2. The number of benzene rings is 2. The Bertz CT molecular complexity index is 535. The average molecular weight is 259 g/mol. The first-order valence-corrected chi connectivity index (χ1v) is 6.31. The summed E-state index contributed by atoms with van der Waals surface area (Å²) in [7, 11) is 0. The summed E-state index contributed by atoms with van der Waals surface area (Å²) in [5.41, 5.74) is 5.97. The summed E-state index contributed by atoms with van der Waals surface area (Å²) in [6, 6.07) is 17.7. The van der Waals surface area contributed by atoms with Crippen LogP contribution >= 0.6 is 11.6 Å². The quantitative estimate of drug-likeness (QED) is 0.631. The highest BCUT2D eigenvalue weighted by atomic mass is 35.5. The number of rotatable bonds is 4. The summed E-state index contributed by atoms with van der Waals surface area (Å²) in [5.74, 6) is 0. The van der Waals surface area contributed by atoms with Crippen LogP contribution < -0.4 is 5.43 Å². The molecule has 0 amide bonds. The Labute approximate surface area is 112 Å². The largest absolute Gasteiger partial charge is 0.277 e. The molecule has 0 radical (unpaired) electrons. The van der Waals surface area contributed by atoms with Crippen LogP contribution in [0.5, 0.6) is 0 Å². The number of hydrazone groups is 1. The molecule has 0 saturated heterocycles. The molecule has 0 fully saturated rings. The van der Waals surface area contributed by atoms with E-state index in [0.717, 1.165) is 23.4 Å². The zero-order valence-corrected chi connectivity index (χ0v) is 11.0. The highest BCUT2D eigenvalue weighted by Crippen LogP contribution is 2.20. The van der Waals surface area contributed by atoms with Crippen molar-refractivity contribution in [2.75, 3.05) is 5.43 Å². The summed E-state index contributed by atoms with van der Waals surface area (Å²) in [6.07, 6.45) is 0.863. The number of nitrogens with zero attached hydrogens (tertiary/aromatic N) is 1. The molecule has 0 atom stereocenters. The van der Waals surface area contributed by atoms with E-state index in [9.17, 15) is 0 Å². The van der Waals surface area contributed by atoms with Gasteiger partial charge < -0.3 is 0 Å². The number of halogens is 1.